The van der Waals surface area contributed by atoms with E-state index in [0.717, 1.165) is 6.92 Å². The number of benzene rings is 4. The van der Waals surface area contributed by atoms with Gasteiger partial charge in [-0.25, -0.2) is 8.78 Å². The summed E-state index contributed by atoms with van der Waals surface area (Å²) in [5.74, 6) is -5.76. The van der Waals surface area contributed by atoms with E-state index in [2.05, 4.69) is 0 Å². The molecule has 1 fully saturated rings. The van der Waals surface area contributed by atoms with Gasteiger partial charge in [-0.2, -0.15) is 13.2 Å². The molecular formula is C41H40F5N3O3S. The summed E-state index contributed by atoms with van der Waals surface area (Å²) in [6.07, 6.45) is -5.76. The van der Waals surface area contributed by atoms with Gasteiger partial charge in [0, 0.05) is 64.6 Å². The highest BCUT2D eigenvalue weighted by Crippen LogP contribution is 2.34. The highest BCUT2D eigenvalue weighted by Gasteiger charge is 2.32. The zero-order valence-electron chi connectivity index (χ0n) is 49.4. The van der Waals surface area contributed by atoms with Crippen molar-refractivity contribution in [2.24, 2.45) is 0 Å². The van der Waals surface area contributed by atoms with Gasteiger partial charge in [0.2, 0.25) is 5.91 Å². The smallest absolute Gasteiger partial charge is 0.383 e. The topological polar surface area (TPSA) is 54.8 Å². The Kier molecular flexibility index (Phi) is 6.03. The molecule has 0 aliphatic carbocycles. The predicted molar refractivity (Wildman–Crippen MR) is 198 cm³/mol. The summed E-state index contributed by atoms with van der Waals surface area (Å²) in [6, 6.07) is -20.2. The lowest BCUT2D eigenvalue weighted by Crippen LogP contribution is -2.48. The van der Waals surface area contributed by atoms with E-state index < -0.39 is 201 Å². The van der Waals surface area contributed by atoms with Gasteiger partial charge in [-0.3, -0.25) is 9.59 Å². The molecule has 1 saturated heterocycles. The summed E-state index contributed by atoms with van der Waals surface area (Å²) in [7, 11) is -2.78. The van der Waals surface area contributed by atoms with E-state index in [1.54, 1.807) is 4.90 Å². The molecule has 6 nitrogen and oxygen atoms in total. The number of pyridine rings is 1. The number of para-hydroxylation sites is 1. The Balaban J connectivity index is 1.61. The second-order valence-electron chi connectivity index (χ2n) is 11.4. The van der Waals surface area contributed by atoms with Crippen molar-refractivity contribution in [3.63, 3.8) is 0 Å². The quantitative estimate of drug-likeness (QED) is 0.0939. The summed E-state index contributed by atoms with van der Waals surface area (Å²) in [6.45, 7) is -4.79. The Morgan fingerprint density at radius 1 is 1.00 bits per heavy atom. The number of ether oxygens (including phenoxy) is 1. The first-order valence-corrected chi connectivity index (χ1v) is 16.4. The molecule has 278 valence electrons. The van der Waals surface area contributed by atoms with Crippen molar-refractivity contribution < 1.29 is 61.6 Å². The Morgan fingerprint density at radius 2 is 1.74 bits per heavy atom. The number of aromatic nitrogens is 1. The second-order valence-corrected chi connectivity index (χ2v) is 12.2. The van der Waals surface area contributed by atoms with Crippen molar-refractivity contribution in [1.29, 1.82) is 0 Å². The first-order valence-electron chi connectivity index (χ1n) is 26.6. The van der Waals surface area contributed by atoms with Gasteiger partial charge >= 0.3 is 6.18 Å². The fourth-order valence-corrected chi connectivity index (χ4v) is 6.19. The number of carbonyl (C=O) groups excluding carboxylic acids is 1. The van der Waals surface area contributed by atoms with Gasteiger partial charge in [0.15, 0.2) is 17.1 Å². The maximum Gasteiger partial charge on any atom is 0.416 e. The van der Waals surface area contributed by atoms with Crippen molar-refractivity contribution in [3.05, 3.63) is 135 Å². The zero-order valence-corrected chi connectivity index (χ0v) is 28.2. The minimum Gasteiger partial charge on any atom is -0.383 e. The number of likely N-dealkylation sites (tertiary alicyclic amines) is 1. The number of alkyl halides is 3. The summed E-state index contributed by atoms with van der Waals surface area (Å²) < 4.78 is 265. The number of nitrogens with zero attached hydrogens (tertiary/aromatic N) is 3. The number of hydrogen-bond acceptors (Lipinski definition) is 5. The number of hydrogen-bond donors (Lipinski definition) is 0. The average Bonchev–Trinajstić information content (AvgIpc) is 3.30. The van der Waals surface area contributed by atoms with Crippen LogP contribution in [0.3, 0.4) is 0 Å². The van der Waals surface area contributed by atoms with Crippen LogP contribution in [0.1, 0.15) is 65.3 Å². The Bertz CT molecular complexity index is 3170. The van der Waals surface area contributed by atoms with Crippen LogP contribution >= 0.6 is 11.8 Å². The number of thioether (sulfide) groups is 1. The standard InChI is InChI=1S/C41H40F5N3O3S/c1-27-22-30(14-15-34(27)41(44,45)46)29-12-10-28(11-13-29)24-48(32-16-18-47(19-17-32)20-21-52-2)38(51)25-49-36-9-4-3-7-33(36)37(50)23-39(49)53-26-31-6-5-8-35(42)40(31)43/h3-15,22-23,32H,16-21,24-26H2,1-2H3/i2D3,3D,4D,5D,6D,7D,8D,9D,10D,11D,12D,13D,14D,15D,22D,23D,24D2,26D2. The molecule has 1 aromatic heterocycles. The molecule has 2 heterocycles. The first-order chi connectivity index (χ1) is 34.3. The van der Waals surface area contributed by atoms with Gasteiger partial charge in [-0.15, -0.1) is 11.8 Å². The monoisotopic (exact) mass is 771 g/mol. The van der Waals surface area contributed by atoms with Crippen molar-refractivity contribution in [3.8, 4) is 11.1 Å². The SMILES string of the molecule is [2H]c1c([2H])c(F)c(F)c(C([2H])([2H])Sc2c([2H])c(=O)c3c([2H])c([2H])c([2H])c([2H])c3n2CC(=O)N(C2CCN(CCOC([2H])([2H])[2H])CC2)C([2H])([2H])c2c([2H])c([2H])c(-c3c([2H])c([2H])c(C(F)(F)F)c(C)c3[2H])c([2H])c2[2H])c1[2H]. The molecule has 12 heteroatoms. The van der Waals surface area contributed by atoms with E-state index >= 15 is 9.18 Å². The normalized spacial score (nSPS) is 20.9. The van der Waals surface area contributed by atoms with Crippen LogP contribution in [-0.2, 0) is 34.5 Å². The van der Waals surface area contributed by atoms with Gasteiger partial charge in [-0.05, 0) is 66.2 Å². The zero-order chi connectivity index (χ0) is 56.8. The summed E-state index contributed by atoms with van der Waals surface area (Å²) in [5, 5.41) is -2.07. The third-order valence-electron chi connectivity index (χ3n) is 8.04. The molecule has 0 radical (unpaired) electrons. The van der Waals surface area contributed by atoms with Gasteiger partial charge in [0.25, 0.3) is 0 Å². The molecule has 53 heavy (non-hydrogen) atoms. The first kappa shape index (κ1) is 19.2. The van der Waals surface area contributed by atoms with E-state index in [-0.39, 0.29) is 50.8 Å². The molecule has 0 bridgehead atoms. The molecule has 0 atom stereocenters. The fraction of sp³-hybridized carbons (Fsp3) is 0.317. The molecule has 1 aliphatic heterocycles. The molecule has 6 rings (SSSR count). The Labute approximate surface area is 340 Å². The summed E-state index contributed by atoms with van der Waals surface area (Å²) >= 11 is -0.379. The fourth-order valence-electron chi connectivity index (χ4n) is 5.44. The van der Waals surface area contributed by atoms with Crippen LogP contribution in [0.25, 0.3) is 22.0 Å². The van der Waals surface area contributed by atoms with Crippen molar-refractivity contribution in [1.82, 2.24) is 14.4 Å². The minimum absolute atomic E-state index is 0.0187. The summed E-state index contributed by atoms with van der Waals surface area (Å²) in [5.41, 5.74) is -13.4. The lowest BCUT2D eigenvalue weighted by atomic mass is 9.98. The van der Waals surface area contributed by atoms with Crippen molar-refractivity contribution in [2.45, 2.75) is 55.8 Å². The van der Waals surface area contributed by atoms with Crippen LogP contribution in [0.2, 0.25) is 0 Å². The van der Waals surface area contributed by atoms with Crippen LogP contribution in [0.15, 0.2) is 100 Å². The number of rotatable bonds is 12. The maximum absolute atomic E-state index is 15.6. The number of methoxy groups -OCH3 is 1. The molecule has 1 amide bonds. The molecule has 0 unspecified atom stereocenters. The molecule has 1 aliphatic rings. The largest absolute Gasteiger partial charge is 0.416 e. The number of amides is 1. The molecule has 4 aromatic carbocycles. The Hall–Kier alpha value is -4.52. The third-order valence-corrected chi connectivity index (χ3v) is 8.86. The number of carbonyl (C=O) groups is 1. The predicted octanol–water partition coefficient (Wildman–Crippen LogP) is 8.71. The van der Waals surface area contributed by atoms with E-state index in [1.807, 2.05) is 0 Å². The highest BCUT2D eigenvalue weighted by molar-refractivity contribution is 7.98. The van der Waals surface area contributed by atoms with Crippen molar-refractivity contribution in [2.75, 3.05) is 33.3 Å². The maximum atomic E-state index is 15.6. The molecule has 0 spiro atoms. The van der Waals surface area contributed by atoms with Crippen LogP contribution < -0.4 is 5.43 Å². The second kappa shape index (κ2) is 16.7. The van der Waals surface area contributed by atoms with E-state index in [9.17, 15) is 25.1 Å². The number of piperidine rings is 1. The number of fused-ring (bicyclic) bond motifs is 1. The van der Waals surface area contributed by atoms with Gasteiger partial charge in [0.05, 0.1) is 50.1 Å². The molecular weight excluding hydrogens is 710 g/mol. The lowest BCUT2D eigenvalue weighted by molar-refractivity contribution is -0.138. The van der Waals surface area contributed by atoms with E-state index in [1.165, 1.54) is 0 Å². The van der Waals surface area contributed by atoms with Crippen LogP contribution in [0.4, 0.5) is 22.0 Å². The van der Waals surface area contributed by atoms with E-state index in [4.69, 9.17) is 32.2 Å². The average molecular weight is 772 g/mol. The van der Waals surface area contributed by atoms with Crippen LogP contribution in [0.5, 0.6) is 0 Å². The summed E-state index contributed by atoms with van der Waals surface area (Å²) in [4.78, 5) is 31.3. The van der Waals surface area contributed by atoms with Gasteiger partial charge in [-0.1, -0.05) is 60.4 Å². The molecule has 0 saturated carbocycles. The highest BCUT2D eigenvalue weighted by atomic mass is 32.2. The molecule has 5 aromatic rings. The number of halogens is 5. The van der Waals surface area contributed by atoms with Gasteiger partial charge in [0.1, 0.15) is 6.54 Å². The Morgan fingerprint density at radius 3 is 2.47 bits per heavy atom. The third kappa shape index (κ3) is 9.00. The lowest BCUT2D eigenvalue weighted by Gasteiger charge is -2.39. The van der Waals surface area contributed by atoms with E-state index in [0.29, 0.717) is 9.47 Å². The van der Waals surface area contributed by atoms with Crippen LogP contribution in [-0.4, -0.2) is 59.6 Å². The van der Waals surface area contributed by atoms with Crippen LogP contribution in [0, 0.1) is 18.6 Å². The van der Waals surface area contributed by atoms with Gasteiger partial charge < -0.3 is 19.1 Å². The minimum atomic E-state index is -5.25. The van der Waals surface area contributed by atoms with Crippen molar-refractivity contribution >= 4 is 28.6 Å². The molecule has 0 N–H and O–H groups in total.